The van der Waals surface area contributed by atoms with Crippen LogP contribution in [0.4, 0.5) is 0 Å². The minimum atomic E-state index is 0.490. The Morgan fingerprint density at radius 1 is 1.29 bits per heavy atom. The van der Waals surface area contributed by atoms with Crippen molar-refractivity contribution in [3.63, 3.8) is 0 Å². The molecule has 4 heteroatoms. The Hall–Kier alpha value is -1.26. The molecule has 0 fully saturated rings. The summed E-state index contributed by atoms with van der Waals surface area (Å²) in [5, 5.41) is 4.55. The minimum absolute atomic E-state index is 0.490. The Balaban J connectivity index is 2.33. The highest BCUT2D eigenvalue weighted by molar-refractivity contribution is 7.15. The van der Waals surface area contributed by atoms with Crippen molar-refractivity contribution < 1.29 is 0 Å². The van der Waals surface area contributed by atoms with E-state index in [4.69, 9.17) is 4.98 Å². The maximum absolute atomic E-state index is 4.85. The summed E-state index contributed by atoms with van der Waals surface area (Å²) in [5.74, 6) is 0. The van der Waals surface area contributed by atoms with Crippen molar-refractivity contribution in [2.45, 2.75) is 60.0 Å². The summed E-state index contributed by atoms with van der Waals surface area (Å²) in [6.07, 6.45) is 4.09. The average molecular weight is 303 g/mol. The lowest BCUT2D eigenvalue weighted by Crippen LogP contribution is -2.21. The molecule has 114 valence electrons. The van der Waals surface area contributed by atoms with Crippen molar-refractivity contribution in [2.75, 3.05) is 0 Å². The van der Waals surface area contributed by atoms with Gasteiger partial charge in [0.1, 0.15) is 10.7 Å². The van der Waals surface area contributed by atoms with Gasteiger partial charge >= 0.3 is 0 Å². The Morgan fingerprint density at radius 3 is 2.67 bits per heavy atom. The maximum atomic E-state index is 4.85. The fraction of sp³-hybridized carbons (Fsp3) is 0.529. The van der Waals surface area contributed by atoms with Crippen LogP contribution in [0.15, 0.2) is 12.3 Å². The summed E-state index contributed by atoms with van der Waals surface area (Å²) in [6.45, 7) is 11.6. The first-order valence-corrected chi connectivity index (χ1v) is 8.48. The summed E-state index contributed by atoms with van der Waals surface area (Å²) in [6, 6.07) is 2.67. The summed E-state index contributed by atoms with van der Waals surface area (Å²) < 4.78 is 0. The number of nitrogens with one attached hydrogen (secondary N) is 1. The average Bonchev–Trinajstić information content (AvgIpc) is 2.80. The Labute approximate surface area is 131 Å². The number of aromatic nitrogens is 2. The lowest BCUT2D eigenvalue weighted by molar-refractivity contribution is 0.589. The molecule has 0 aliphatic carbocycles. The molecule has 3 nitrogen and oxygen atoms in total. The van der Waals surface area contributed by atoms with Crippen molar-refractivity contribution in [3.05, 3.63) is 34.0 Å². The van der Waals surface area contributed by atoms with E-state index in [2.05, 4.69) is 51.0 Å². The van der Waals surface area contributed by atoms with Crippen LogP contribution in [-0.2, 0) is 13.0 Å². The van der Waals surface area contributed by atoms with E-state index >= 15 is 0 Å². The van der Waals surface area contributed by atoms with E-state index in [0.29, 0.717) is 6.04 Å². The van der Waals surface area contributed by atoms with Crippen LogP contribution in [0.1, 0.15) is 48.9 Å². The molecule has 0 bridgehead atoms. The quantitative estimate of drug-likeness (QED) is 0.866. The molecule has 0 saturated heterocycles. The smallest absolute Gasteiger partial charge is 0.142 e. The van der Waals surface area contributed by atoms with Crippen LogP contribution in [0.25, 0.3) is 10.7 Å². The van der Waals surface area contributed by atoms with Crippen LogP contribution < -0.4 is 5.32 Å². The Bertz CT molecular complexity index is 602. The molecular weight excluding hydrogens is 278 g/mol. The van der Waals surface area contributed by atoms with E-state index in [-0.39, 0.29) is 0 Å². The molecule has 2 aromatic heterocycles. The van der Waals surface area contributed by atoms with E-state index in [9.17, 15) is 0 Å². The third-order valence-corrected chi connectivity index (χ3v) is 4.46. The van der Waals surface area contributed by atoms with Crippen molar-refractivity contribution in [1.82, 2.24) is 15.3 Å². The van der Waals surface area contributed by atoms with Crippen LogP contribution in [0, 0.1) is 13.8 Å². The molecule has 0 amide bonds. The van der Waals surface area contributed by atoms with Crippen LogP contribution in [0.3, 0.4) is 0 Å². The Kier molecular flexibility index (Phi) is 5.48. The van der Waals surface area contributed by atoms with Crippen LogP contribution >= 0.6 is 11.3 Å². The summed E-state index contributed by atoms with van der Waals surface area (Å²) in [5.41, 5.74) is 4.66. The molecule has 0 saturated carbocycles. The number of hydrogen-bond donors (Lipinski definition) is 1. The summed E-state index contributed by atoms with van der Waals surface area (Å²) >= 11 is 1.78. The predicted molar refractivity (Wildman–Crippen MR) is 90.8 cm³/mol. The van der Waals surface area contributed by atoms with Gasteiger partial charge in [-0.15, -0.1) is 11.3 Å². The molecule has 0 radical (unpaired) electrons. The molecule has 0 atom stereocenters. The zero-order valence-electron chi connectivity index (χ0n) is 13.7. The van der Waals surface area contributed by atoms with E-state index in [0.717, 1.165) is 30.1 Å². The van der Waals surface area contributed by atoms with Gasteiger partial charge in [-0.05, 0) is 31.4 Å². The second kappa shape index (κ2) is 7.14. The predicted octanol–water partition coefficient (Wildman–Crippen LogP) is 4.27. The van der Waals surface area contributed by atoms with Crippen molar-refractivity contribution in [2.24, 2.45) is 0 Å². The van der Waals surface area contributed by atoms with Crippen molar-refractivity contribution >= 4 is 11.3 Å². The fourth-order valence-electron chi connectivity index (χ4n) is 2.29. The SMILES string of the molecule is CCCc1nc(-c2ncc(C)cc2C)sc1CNC(C)C. The first kappa shape index (κ1) is 16.1. The molecule has 2 heterocycles. The van der Waals surface area contributed by atoms with Gasteiger partial charge in [-0.25, -0.2) is 4.98 Å². The third kappa shape index (κ3) is 4.11. The normalized spacial score (nSPS) is 11.3. The molecule has 2 aromatic rings. The third-order valence-electron chi connectivity index (χ3n) is 3.35. The van der Waals surface area contributed by atoms with Crippen LogP contribution in [-0.4, -0.2) is 16.0 Å². The molecule has 0 aromatic carbocycles. The topological polar surface area (TPSA) is 37.8 Å². The first-order valence-electron chi connectivity index (χ1n) is 7.66. The molecule has 21 heavy (non-hydrogen) atoms. The Morgan fingerprint density at radius 2 is 2.05 bits per heavy atom. The standard InChI is InChI=1S/C17H25N3S/c1-6-7-14-15(10-18-11(2)3)21-17(20-14)16-13(5)8-12(4)9-19-16/h8-9,11,18H,6-7,10H2,1-5H3. The maximum Gasteiger partial charge on any atom is 0.142 e. The zero-order chi connectivity index (χ0) is 15.4. The first-order chi connectivity index (χ1) is 10.0. The molecule has 1 N–H and O–H groups in total. The largest absolute Gasteiger partial charge is 0.310 e. The number of rotatable bonds is 6. The number of pyridine rings is 1. The van der Waals surface area contributed by atoms with E-state index in [1.807, 2.05) is 6.20 Å². The molecule has 0 aliphatic heterocycles. The van der Waals surface area contributed by atoms with Gasteiger partial charge in [0.05, 0.1) is 5.69 Å². The highest BCUT2D eigenvalue weighted by Gasteiger charge is 2.14. The van der Waals surface area contributed by atoms with Crippen LogP contribution in [0.2, 0.25) is 0 Å². The number of hydrogen-bond acceptors (Lipinski definition) is 4. The van der Waals surface area contributed by atoms with E-state index < -0.39 is 0 Å². The molecular formula is C17H25N3S. The minimum Gasteiger partial charge on any atom is -0.310 e. The summed E-state index contributed by atoms with van der Waals surface area (Å²) in [7, 11) is 0. The molecule has 2 rings (SSSR count). The van der Waals surface area contributed by atoms with Gasteiger partial charge in [-0.3, -0.25) is 4.98 Å². The highest BCUT2D eigenvalue weighted by Crippen LogP contribution is 2.30. The highest BCUT2D eigenvalue weighted by atomic mass is 32.1. The van der Waals surface area contributed by atoms with Gasteiger partial charge in [0.25, 0.3) is 0 Å². The summed E-state index contributed by atoms with van der Waals surface area (Å²) in [4.78, 5) is 10.8. The molecule has 0 spiro atoms. The zero-order valence-corrected chi connectivity index (χ0v) is 14.5. The monoisotopic (exact) mass is 303 g/mol. The number of nitrogens with zero attached hydrogens (tertiary/aromatic N) is 2. The molecule has 0 aliphatic rings. The van der Waals surface area contributed by atoms with Crippen molar-refractivity contribution in [3.8, 4) is 10.7 Å². The van der Waals surface area contributed by atoms with Gasteiger partial charge in [0.15, 0.2) is 0 Å². The fourth-order valence-corrected chi connectivity index (χ4v) is 3.41. The second-order valence-electron chi connectivity index (χ2n) is 5.85. The van der Waals surface area contributed by atoms with Gasteiger partial charge in [0, 0.05) is 23.7 Å². The van der Waals surface area contributed by atoms with E-state index in [1.54, 1.807) is 11.3 Å². The number of aryl methyl sites for hydroxylation is 3. The lowest BCUT2D eigenvalue weighted by Gasteiger charge is -2.07. The van der Waals surface area contributed by atoms with Crippen LogP contribution in [0.5, 0.6) is 0 Å². The second-order valence-corrected chi connectivity index (χ2v) is 6.94. The van der Waals surface area contributed by atoms with Gasteiger partial charge < -0.3 is 5.32 Å². The van der Waals surface area contributed by atoms with Gasteiger partial charge in [0.2, 0.25) is 0 Å². The van der Waals surface area contributed by atoms with E-state index in [1.165, 1.54) is 21.7 Å². The molecule has 0 unspecified atom stereocenters. The van der Waals surface area contributed by atoms with Gasteiger partial charge in [-0.1, -0.05) is 33.3 Å². The number of thiazole rings is 1. The van der Waals surface area contributed by atoms with Crippen molar-refractivity contribution in [1.29, 1.82) is 0 Å². The lowest BCUT2D eigenvalue weighted by atomic mass is 10.1. The van der Waals surface area contributed by atoms with Gasteiger partial charge in [-0.2, -0.15) is 0 Å².